The van der Waals surface area contributed by atoms with Gasteiger partial charge in [0.2, 0.25) is 12.7 Å². The Balaban J connectivity index is 1.12. The number of hydrogen-bond acceptors (Lipinski definition) is 10. The molecule has 0 bridgehead atoms. The third-order valence-corrected chi connectivity index (χ3v) is 6.40. The lowest BCUT2D eigenvalue weighted by atomic mass is 10.0. The zero-order chi connectivity index (χ0) is 24.6. The minimum absolute atomic E-state index is 0.0300. The van der Waals surface area contributed by atoms with Crippen LogP contribution < -0.4 is 25.2 Å². The van der Waals surface area contributed by atoms with Crippen LogP contribution in [0.5, 0.6) is 11.5 Å². The van der Waals surface area contributed by atoms with Crippen LogP contribution >= 0.6 is 0 Å². The quantitative estimate of drug-likeness (QED) is 0.505. The van der Waals surface area contributed by atoms with Crippen molar-refractivity contribution in [2.24, 2.45) is 0 Å². The van der Waals surface area contributed by atoms with Crippen molar-refractivity contribution in [3.63, 3.8) is 0 Å². The molecule has 11 nitrogen and oxygen atoms in total. The van der Waals surface area contributed by atoms with E-state index in [1.54, 1.807) is 18.3 Å². The van der Waals surface area contributed by atoms with Gasteiger partial charge in [-0.1, -0.05) is 18.2 Å². The van der Waals surface area contributed by atoms with Crippen LogP contribution in [0.2, 0.25) is 0 Å². The molecule has 3 aliphatic rings. The van der Waals surface area contributed by atoms with Gasteiger partial charge in [0.1, 0.15) is 12.2 Å². The van der Waals surface area contributed by atoms with Gasteiger partial charge in [-0.05, 0) is 30.3 Å². The van der Waals surface area contributed by atoms with Crippen LogP contribution in [-0.2, 0) is 9.47 Å². The van der Waals surface area contributed by atoms with E-state index < -0.39 is 24.0 Å². The van der Waals surface area contributed by atoms with E-state index in [1.807, 2.05) is 18.2 Å². The summed E-state index contributed by atoms with van der Waals surface area (Å²) in [7, 11) is 0. The summed E-state index contributed by atoms with van der Waals surface area (Å²) in [6, 6.07) is 12.7. The van der Waals surface area contributed by atoms with E-state index in [0.29, 0.717) is 29.7 Å². The van der Waals surface area contributed by atoms with Crippen molar-refractivity contribution in [3.8, 4) is 22.8 Å². The summed E-state index contributed by atoms with van der Waals surface area (Å²) in [5.41, 5.74) is 1.44. The second-order valence-corrected chi connectivity index (χ2v) is 8.59. The molecule has 0 radical (unpaired) electrons. The number of nitrogens with one attached hydrogen (secondary N) is 2. The van der Waals surface area contributed by atoms with Crippen LogP contribution in [0.15, 0.2) is 54.7 Å². The minimum Gasteiger partial charge on any atom is -0.545 e. The highest BCUT2D eigenvalue weighted by molar-refractivity contribution is 6.04. The summed E-state index contributed by atoms with van der Waals surface area (Å²) in [6.07, 6.45) is 0.915. The van der Waals surface area contributed by atoms with E-state index in [-0.39, 0.29) is 36.7 Å². The predicted molar refractivity (Wildman–Crippen MR) is 123 cm³/mol. The van der Waals surface area contributed by atoms with Crippen LogP contribution in [0.1, 0.15) is 20.7 Å². The summed E-state index contributed by atoms with van der Waals surface area (Å²) < 4.78 is 22.7. The number of carboxylic acid groups (broad SMARTS) is 1. The van der Waals surface area contributed by atoms with Gasteiger partial charge in [0.05, 0.1) is 37.0 Å². The second kappa shape index (κ2) is 9.10. The van der Waals surface area contributed by atoms with Gasteiger partial charge in [-0.3, -0.25) is 4.79 Å². The van der Waals surface area contributed by atoms with Gasteiger partial charge in [0.25, 0.3) is 5.91 Å². The largest absolute Gasteiger partial charge is 0.545 e. The number of aromatic nitrogens is 2. The number of carboxylic acids is 1. The number of nitrogens with zero attached hydrogens (tertiary/aromatic N) is 2. The lowest BCUT2D eigenvalue weighted by Gasteiger charge is -2.19. The van der Waals surface area contributed by atoms with Gasteiger partial charge < -0.3 is 39.5 Å². The average Bonchev–Trinajstić information content (AvgIpc) is 3.62. The van der Waals surface area contributed by atoms with Gasteiger partial charge in [0.15, 0.2) is 11.5 Å². The van der Waals surface area contributed by atoms with Gasteiger partial charge in [-0.25, -0.2) is 9.97 Å². The zero-order valence-electron chi connectivity index (χ0n) is 18.9. The first-order chi connectivity index (χ1) is 17.6. The molecule has 6 rings (SSSR count). The Morgan fingerprint density at radius 1 is 0.917 bits per heavy atom. The first-order valence-corrected chi connectivity index (χ1v) is 11.4. The number of carbonyl (C=O) groups excluding carboxylic acids is 2. The van der Waals surface area contributed by atoms with Crippen LogP contribution in [0, 0.1) is 0 Å². The minimum atomic E-state index is -1.41. The van der Waals surface area contributed by atoms with Crippen molar-refractivity contribution in [2.75, 3.05) is 25.3 Å². The topological polar surface area (TPSA) is 144 Å². The summed E-state index contributed by atoms with van der Waals surface area (Å²) in [4.78, 5) is 33.1. The van der Waals surface area contributed by atoms with Crippen molar-refractivity contribution < 1.29 is 33.6 Å². The number of carbonyl (C=O) groups is 2. The summed E-state index contributed by atoms with van der Waals surface area (Å²) >= 11 is 0. The molecule has 1 amide bonds. The SMILES string of the molecule is O=C([O-])c1ccccc1C(=O)N[C@H]1CO[C@H]2[C@@H]1OC[C@@H]2Nc1nccc(-c2ccc3c(c2)OCO3)n1. The maximum absolute atomic E-state index is 12.8. The first kappa shape index (κ1) is 22.3. The van der Waals surface area contributed by atoms with E-state index in [9.17, 15) is 14.7 Å². The van der Waals surface area contributed by atoms with Crippen LogP contribution in [0.4, 0.5) is 5.95 Å². The fraction of sp³-hybridized carbons (Fsp3) is 0.280. The third-order valence-electron chi connectivity index (χ3n) is 6.40. The smallest absolute Gasteiger partial charge is 0.252 e. The molecule has 0 aliphatic carbocycles. The maximum Gasteiger partial charge on any atom is 0.252 e. The summed E-state index contributed by atoms with van der Waals surface area (Å²) in [5.74, 6) is -0.154. The van der Waals surface area contributed by atoms with E-state index in [4.69, 9.17) is 18.9 Å². The average molecular weight is 489 g/mol. The molecule has 184 valence electrons. The fourth-order valence-electron chi connectivity index (χ4n) is 4.66. The molecule has 2 saturated heterocycles. The van der Waals surface area contributed by atoms with Crippen molar-refractivity contribution >= 4 is 17.8 Å². The van der Waals surface area contributed by atoms with E-state index in [0.717, 1.165) is 5.56 Å². The number of fused-ring (bicyclic) bond motifs is 2. The predicted octanol–water partition coefficient (Wildman–Crippen LogP) is 0.613. The molecular weight excluding hydrogens is 468 g/mol. The highest BCUT2D eigenvalue weighted by Gasteiger charge is 2.48. The van der Waals surface area contributed by atoms with Crippen molar-refractivity contribution in [3.05, 3.63) is 65.9 Å². The Morgan fingerprint density at radius 3 is 2.50 bits per heavy atom. The zero-order valence-corrected chi connectivity index (χ0v) is 18.9. The second-order valence-electron chi connectivity index (χ2n) is 8.59. The lowest BCUT2D eigenvalue weighted by Crippen LogP contribution is -2.45. The molecule has 2 N–H and O–H groups in total. The molecule has 2 aromatic carbocycles. The van der Waals surface area contributed by atoms with E-state index in [2.05, 4.69) is 20.6 Å². The maximum atomic E-state index is 12.8. The van der Waals surface area contributed by atoms with Gasteiger partial charge in [-0.15, -0.1) is 0 Å². The Hall–Kier alpha value is -4.22. The molecule has 0 spiro atoms. The number of ether oxygens (including phenoxy) is 4. The molecule has 3 aliphatic heterocycles. The summed E-state index contributed by atoms with van der Waals surface area (Å²) in [6.45, 7) is 0.754. The number of anilines is 1. The Labute approximate surface area is 205 Å². The first-order valence-electron chi connectivity index (χ1n) is 11.4. The molecule has 1 aromatic heterocycles. The number of rotatable bonds is 6. The van der Waals surface area contributed by atoms with Crippen molar-refractivity contribution in [1.82, 2.24) is 15.3 Å². The molecule has 4 heterocycles. The highest BCUT2D eigenvalue weighted by Crippen LogP contribution is 2.35. The van der Waals surface area contributed by atoms with Crippen LogP contribution in [0.3, 0.4) is 0 Å². The monoisotopic (exact) mass is 489 g/mol. The van der Waals surface area contributed by atoms with Gasteiger partial charge >= 0.3 is 0 Å². The molecule has 3 aromatic rings. The molecule has 2 fully saturated rings. The van der Waals surface area contributed by atoms with Gasteiger partial charge in [0, 0.05) is 22.9 Å². The van der Waals surface area contributed by atoms with Crippen LogP contribution in [-0.4, -0.2) is 66.1 Å². The molecule has 11 heteroatoms. The Kier molecular flexibility index (Phi) is 5.62. The molecule has 4 atom stereocenters. The van der Waals surface area contributed by atoms with Crippen molar-refractivity contribution in [2.45, 2.75) is 24.3 Å². The van der Waals surface area contributed by atoms with E-state index >= 15 is 0 Å². The normalized spacial score (nSPS) is 23.8. The lowest BCUT2D eigenvalue weighted by molar-refractivity contribution is -0.255. The van der Waals surface area contributed by atoms with E-state index in [1.165, 1.54) is 18.2 Å². The highest BCUT2D eigenvalue weighted by atomic mass is 16.7. The van der Waals surface area contributed by atoms with Crippen LogP contribution in [0.25, 0.3) is 11.3 Å². The van der Waals surface area contributed by atoms with Crippen molar-refractivity contribution in [1.29, 1.82) is 0 Å². The molecule has 36 heavy (non-hydrogen) atoms. The summed E-state index contributed by atoms with van der Waals surface area (Å²) in [5, 5.41) is 17.5. The number of hydrogen-bond donors (Lipinski definition) is 2. The molecule has 0 unspecified atom stereocenters. The van der Waals surface area contributed by atoms with Gasteiger partial charge in [-0.2, -0.15) is 0 Å². The third kappa shape index (κ3) is 4.08. The standard InChI is InChI=1S/C25H22N4O7/c30-23(14-3-1-2-4-15(14)24(31)32)27-17-10-33-22-18(11-34-21(17)22)29-25-26-8-7-16(28-25)13-5-6-19-20(9-13)36-12-35-19/h1-9,17-18,21-22H,10-12H2,(H,27,30)(H,31,32)(H,26,28,29)/p-1/t17-,18-,21+,22+/m0/s1. The molecule has 0 saturated carbocycles. The fourth-order valence-corrected chi connectivity index (χ4v) is 4.66. The number of aromatic carboxylic acids is 1. The number of benzene rings is 2. The number of amides is 1. The molecular formula is C25H21N4O7-. The Bertz CT molecular complexity index is 1330. The Morgan fingerprint density at radius 2 is 1.67 bits per heavy atom.